The second-order valence-electron chi connectivity index (χ2n) is 10.5. The zero-order valence-corrected chi connectivity index (χ0v) is 21.6. The topological polar surface area (TPSA) is 97.0 Å². The molecule has 1 saturated carbocycles. The molecule has 2 amide bonds. The van der Waals surface area contributed by atoms with E-state index >= 15 is 0 Å². The van der Waals surface area contributed by atoms with Crippen LogP contribution < -0.4 is 0 Å². The summed E-state index contributed by atoms with van der Waals surface area (Å²) in [4.78, 5) is 28.3. The molecule has 0 spiro atoms. The van der Waals surface area contributed by atoms with E-state index in [0.29, 0.717) is 25.6 Å². The minimum Gasteiger partial charge on any atom is -0.447 e. The van der Waals surface area contributed by atoms with Gasteiger partial charge < -0.3 is 24.0 Å². The molecule has 37 heavy (non-hydrogen) atoms. The smallest absolute Gasteiger partial charge is 0.410 e. The Labute approximate surface area is 218 Å². The standard InChI is InChI=1S/C28H38N4O5/c1-31-16-23(36-19-27(31)33)17-37-28(34)32-15-5-8-24(25-13-14-29-30-25)26(32)18-35-22-11-9-21(10-12-22)20-6-3-2-4-7-20/h2-4,6-7,13-14,21-24,26H,5,8-12,15-19H2,1H3,(H,29,30)/t21-,22+,23-,24-,26+/m1/s1. The Morgan fingerprint density at radius 1 is 1.11 bits per heavy atom. The molecule has 0 bridgehead atoms. The minimum absolute atomic E-state index is 0.0205. The first-order chi connectivity index (χ1) is 18.1. The Morgan fingerprint density at radius 2 is 1.92 bits per heavy atom. The molecule has 1 aromatic carbocycles. The van der Waals surface area contributed by atoms with Gasteiger partial charge in [-0.15, -0.1) is 0 Å². The van der Waals surface area contributed by atoms with Crippen LogP contribution in [0.3, 0.4) is 0 Å². The van der Waals surface area contributed by atoms with Gasteiger partial charge in [-0.05, 0) is 56.1 Å². The van der Waals surface area contributed by atoms with E-state index in [4.69, 9.17) is 14.2 Å². The van der Waals surface area contributed by atoms with Crippen LogP contribution in [0.15, 0.2) is 42.6 Å². The fourth-order valence-electron chi connectivity index (χ4n) is 5.94. The van der Waals surface area contributed by atoms with Gasteiger partial charge in [0.25, 0.3) is 0 Å². The number of likely N-dealkylation sites (tertiary alicyclic amines) is 1. The molecular formula is C28H38N4O5. The number of amides is 2. The van der Waals surface area contributed by atoms with Crippen LogP contribution in [-0.2, 0) is 19.0 Å². The third-order valence-electron chi connectivity index (χ3n) is 8.10. The van der Waals surface area contributed by atoms with Crippen molar-refractivity contribution >= 4 is 12.0 Å². The molecule has 5 rings (SSSR count). The molecule has 3 fully saturated rings. The number of hydrogen-bond donors (Lipinski definition) is 1. The summed E-state index contributed by atoms with van der Waals surface area (Å²) in [5, 5.41) is 7.36. The van der Waals surface area contributed by atoms with Crippen LogP contribution in [0.4, 0.5) is 4.79 Å². The van der Waals surface area contributed by atoms with Gasteiger partial charge in [-0.25, -0.2) is 4.79 Å². The lowest BCUT2D eigenvalue weighted by Crippen LogP contribution is -2.52. The SMILES string of the molecule is CN1C[C@H](COC(=O)N2CCC[C@H](c3cc[nH]n3)[C@@H]2CO[C@H]2CC[C@@H](c3ccccc3)CC2)OCC1=O. The molecule has 200 valence electrons. The van der Waals surface area contributed by atoms with Crippen molar-refractivity contribution in [3.63, 3.8) is 0 Å². The first-order valence-electron chi connectivity index (χ1n) is 13.5. The average molecular weight is 511 g/mol. The molecule has 1 aromatic heterocycles. The third kappa shape index (κ3) is 6.33. The predicted molar refractivity (Wildman–Crippen MR) is 137 cm³/mol. The third-order valence-corrected chi connectivity index (χ3v) is 8.10. The minimum atomic E-state index is -0.357. The van der Waals surface area contributed by atoms with Crippen LogP contribution in [0, 0.1) is 0 Å². The zero-order valence-electron chi connectivity index (χ0n) is 21.6. The molecule has 9 nitrogen and oxygen atoms in total. The van der Waals surface area contributed by atoms with Gasteiger partial charge in [0.05, 0.1) is 24.4 Å². The number of ether oxygens (including phenoxy) is 3. The normalized spacial score (nSPS) is 28.8. The number of benzene rings is 1. The highest BCUT2D eigenvalue weighted by molar-refractivity contribution is 5.77. The molecule has 9 heteroatoms. The molecule has 3 heterocycles. The van der Waals surface area contributed by atoms with E-state index in [0.717, 1.165) is 44.2 Å². The van der Waals surface area contributed by atoms with Gasteiger partial charge in [-0.2, -0.15) is 5.10 Å². The number of piperidine rings is 1. The summed E-state index contributed by atoms with van der Waals surface area (Å²) in [7, 11) is 1.74. The van der Waals surface area contributed by atoms with E-state index in [2.05, 4.69) is 40.5 Å². The van der Waals surface area contributed by atoms with Crippen molar-refractivity contribution < 1.29 is 23.8 Å². The number of hydrogen-bond acceptors (Lipinski definition) is 6. The highest BCUT2D eigenvalue weighted by Gasteiger charge is 2.38. The van der Waals surface area contributed by atoms with Crippen molar-refractivity contribution in [3.8, 4) is 0 Å². The van der Waals surface area contributed by atoms with Crippen molar-refractivity contribution in [2.75, 3.05) is 40.0 Å². The Hall–Kier alpha value is -2.91. The van der Waals surface area contributed by atoms with Crippen molar-refractivity contribution in [1.82, 2.24) is 20.0 Å². The largest absolute Gasteiger partial charge is 0.447 e. The maximum atomic E-state index is 13.2. The molecule has 0 radical (unpaired) electrons. The fraction of sp³-hybridized carbons (Fsp3) is 0.607. The number of aromatic amines is 1. The second-order valence-corrected chi connectivity index (χ2v) is 10.5. The lowest BCUT2D eigenvalue weighted by molar-refractivity contribution is -0.149. The van der Waals surface area contributed by atoms with Gasteiger partial charge in [-0.3, -0.25) is 9.89 Å². The molecule has 2 saturated heterocycles. The Kier molecular flexibility index (Phi) is 8.41. The van der Waals surface area contributed by atoms with Gasteiger partial charge in [0.2, 0.25) is 5.91 Å². The number of nitrogens with zero attached hydrogens (tertiary/aromatic N) is 3. The van der Waals surface area contributed by atoms with E-state index in [9.17, 15) is 9.59 Å². The number of H-pyrrole nitrogens is 1. The maximum Gasteiger partial charge on any atom is 0.410 e. The van der Waals surface area contributed by atoms with E-state index in [1.165, 1.54) is 5.56 Å². The van der Waals surface area contributed by atoms with Crippen LogP contribution >= 0.6 is 0 Å². The van der Waals surface area contributed by atoms with E-state index < -0.39 is 0 Å². The van der Waals surface area contributed by atoms with Gasteiger partial charge in [0, 0.05) is 32.3 Å². The molecule has 1 aliphatic carbocycles. The van der Waals surface area contributed by atoms with E-state index in [-0.39, 0.29) is 49.4 Å². The number of likely N-dealkylation sites (N-methyl/N-ethyl adjacent to an activating group) is 1. The molecule has 3 atom stereocenters. The average Bonchev–Trinajstić information content (AvgIpc) is 3.48. The molecule has 1 N–H and O–H groups in total. The summed E-state index contributed by atoms with van der Waals surface area (Å²) in [6.45, 7) is 1.65. The number of rotatable bonds is 7. The van der Waals surface area contributed by atoms with E-state index in [1.54, 1.807) is 11.9 Å². The molecular weight excluding hydrogens is 472 g/mol. The van der Waals surface area contributed by atoms with Gasteiger partial charge in [0.15, 0.2) is 0 Å². The first-order valence-corrected chi connectivity index (χ1v) is 13.5. The maximum absolute atomic E-state index is 13.2. The summed E-state index contributed by atoms with van der Waals surface area (Å²) in [5.41, 5.74) is 2.37. The summed E-state index contributed by atoms with van der Waals surface area (Å²) >= 11 is 0. The van der Waals surface area contributed by atoms with Crippen molar-refractivity contribution in [1.29, 1.82) is 0 Å². The van der Waals surface area contributed by atoms with Gasteiger partial charge >= 0.3 is 6.09 Å². The van der Waals surface area contributed by atoms with Crippen molar-refractivity contribution in [2.24, 2.45) is 0 Å². The number of carbonyl (C=O) groups is 2. The van der Waals surface area contributed by atoms with Crippen LogP contribution in [0.2, 0.25) is 0 Å². The highest BCUT2D eigenvalue weighted by atomic mass is 16.6. The fourth-order valence-corrected chi connectivity index (χ4v) is 5.94. The first kappa shape index (κ1) is 25.7. The Morgan fingerprint density at radius 3 is 2.65 bits per heavy atom. The summed E-state index contributed by atoms with van der Waals surface area (Å²) in [6, 6.07) is 12.6. The summed E-state index contributed by atoms with van der Waals surface area (Å²) in [6.07, 6.45) is 7.46. The quantitative estimate of drug-likeness (QED) is 0.610. The molecule has 2 aliphatic heterocycles. The molecule has 3 aliphatic rings. The molecule has 2 aromatic rings. The number of morpholine rings is 1. The zero-order chi connectivity index (χ0) is 25.6. The van der Waals surface area contributed by atoms with Gasteiger partial charge in [-0.1, -0.05) is 30.3 Å². The van der Waals surface area contributed by atoms with Crippen LogP contribution in [0.1, 0.15) is 61.6 Å². The van der Waals surface area contributed by atoms with Crippen LogP contribution in [0.25, 0.3) is 0 Å². The van der Waals surface area contributed by atoms with Crippen LogP contribution in [0.5, 0.6) is 0 Å². The lowest BCUT2D eigenvalue weighted by Gasteiger charge is -2.41. The van der Waals surface area contributed by atoms with Gasteiger partial charge in [0.1, 0.15) is 19.3 Å². The number of carbonyl (C=O) groups excluding carboxylic acids is 2. The van der Waals surface area contributed by atoms with Crippen molar-refractivity contribution in [3.05, 3.63) is 53.9 Å². The van der Waals surface area contributed by atoms with Crippen molar-refractivity contribution in [2.45, 2.75) is 68.6 Å². The number of aromatic nitrogens is 2. The van der Waals surface area contributed by atoms with Crippen LogP contribution in [-0.4, -0.2) is 90.2 Å². The lowest BCUT2D eigenvalue weighted by atomic mass is 9.82. The Bertz CT molecular complexity index is 1010. The predicted octanol–water partition coefficient (Wildman–Crippen LogP) is 3.69. The molecule has 0 unspecified atom stereocenters. The Balaban J connectivity index is 1.19. The highest BCUT2D eigenvalue weighted by Crippen LogP contribution is 2.36. The summed E-state index contributed by atoms with van der Waals surface area (Å²) in [5.74, 6) is 0.619. The monoisotopic (exact) mass is 510 g/mol. The number of nitrogens with one attached hydrogen (secondary N) is 1. The second kappa shape index (κ2) is 12.1. The summed E-state index contributed by atoms with van der Waals surface area (Å²) < 4.78 is 17.7. The van der Waals surface area contributed by atoms with E-state index in [1.807, 2.05) is 17.2 Å².